The number of aromatic nitrogens is 2. The first-order valence-corrected chi connectivity index (χ1v) is 9.19. The first kappa shape index (κ1) is 18.8. The van der Waals surface area contributed by atoms with Crippen molar-refractivity contribution >= 4 is 5.91 Å². The van der Waals surface area contributed by atoms with Gasteiger partial charge in [0.25, 0.3) is 5.91 Å². The fourth-order valence-electron chi connectivity index (χ4n) is 3.01. The minimum Gasteiger partial charge on any atom is -0.347 e. The molecule has 0 aliphatic rings. The molecule has 0 aliphatic heterocycles. The van der Waals surface area contributed by atoms with Gasteiger partial charge in [-0.05, 0) is 41.3 Å². The molecule has 3 aromatic rings. The summed E-state index contributed by atoms with van der Waals surface area (Å²) in [5.74, 6) is -0.0423. The molecule has 0 radical (unpaired) electrons. The second kappa shape index (κ2) is 8.62. The average molecular weight is 365 g/mol. The smallest absolute Gasteiger partial charge is 0.251 e. The Kier molecular flexibility index (Phi) is 6.01. The molecule has 0 saturated heterocycles. The van der Waals surface area contributed by atoms with E-state index in [9.17, 15) is 9.18 Å². The van der Waals surface area contributed by atoms with Crippen LogP contribution >= 0.6 is 0 Å². The third-order valence-electron chi connectivity index (χ3n) is 4.92. The van der Waals surface area contributed by atoms with Crippen LogP contribution in [0.3, 0.4) is 0 Å². The maximum absolute atomic E-state index is 13.4. The Morgan fingerprint density at radius 1 is 1.19 bits per heavy atom. The highest BCUT2D eigenvalue weighted by Crippen LogP contribution is 2.21. The van der Waals surface area contributed by atoms with Gasteiger partial charge in [-0.1, -0.05) is 44.5 Å². The van der Waals surface area contributed by atoms with Crippen LogP contribution in [-0.2, 0) is 6.54 Å². The molecular weight excluding hydrogens is 341 g/mol. The van der Waals surface area contributed by atoms with E-state index in [1.165, 1.54) is 12.1 Å². The van der Waals surface area contributed by atoms with Crippen LogP contribution in [0.15, 0.2) is 67.3 Å². The topological polar surface area (TPSA) is 46.9 Å². The number of imidazole rings is 1. The zero-order valence-electron chi connectivity index (χ0n) is 15.6. The fourth-order valence-corrected chi connectivity index (χ4v) is 3.01. The molecule has 1 N–H and O–H groups in total. The second-order valence-corrected chi connectivity index (χ2v) is 6.81. The van der Waals surface area contributed by atoms with Gasteiger partial charge in [0.15, 0.2) is 0 Å². The fraction of sp³-hybridized carbons (Fsp3) is 0.273. The summed E-state index contributed by atoms with van der Waals surface area (Å²) < 4.78 is 15.4. The molecule has 1 amide bonds. The van der Waals surface area contributed by atoms with Gasteiger partial charge in [0.1, 0.15) is 5.82 Å². The van der Waals surface area contributed by atoms with Crippen LogP contribution in [-0.4, -0.2) is 21.5 Å². The minimum atomic E-state index is -0.273. The maximum Gasteiger partial charge on any atom is 0.251 e. The quantitative estimate of drug-likeness (QED) is 0.668. The highest BCUT2D eigenvalue weighted by molar-refractivity contribution is 5.94. The highest BCUT2D eigenvalue weighted by atomic mass is 19.1. The summed E-state index contributed by atoms with van der Waals surface area (Å²) in [5, 5.41) is 3.14. The molecule has 27 heavy (non-hydrogen) atoms. The van der Waals surface area contributed by atoms with Gasteiger partial charge < -0.3 is 9.88 Å². The van der Waals surface area contributed by atoms with Gasteiger partial charge in [-0.3, -0.25) is 4.79 Å². The van der Waals surface area contributed by atoms with Crippen LogP contribution in [0.25, 0.3) is 11.1 Å². The van der Waals surface area contributed by atoms with E-state index in [1.807, 2.05) is 29.0 Å². The van der Waals surface area contributed by atoms with E-state index in [2.05, 4.69) is 24.1 Å². The van der Waals surface area contributed by atoms with E-state index in [0.29, 0.717) is 18.0 Å². The molecule has 0 saturated carbocycles. The summed E-state index contributed by atoms with van der Waals surface area (Å²) in [6.07, 6.45) is 6.36. The molecule has 4 nitrogen and oxygen atoms in total. The van der Waals surface area contributed by atoms with Crippen LogP contribution in [0.1, 0.15) is 30.6 Å². The number of carbonyl (C=O) groups excluding carboxylic acids is 1. The lowest BCUT2D eigenvalue weighted by Crippen LogP contribution is -2.42. The summed E-state index contributed by atoms with van der Waals surface area (Å²) in [6.45, 7) is 4.93. The van der Waals surface area contributed by atoms with Crippen LogP contribution in [0, 0.1) is 11.7 Å². The van der Waals surface area contributed by atoms with Gasteiger partial charge in [-0.25, -0.2) is 9.37 Å². The van der Waals surface area contributed by atoms with Gasteiger partial charge in [0, 0.05) is 30.5 Å². The number of benzene rings is 2. The zero-order chi connectivity index (χ0) is 19.2. The molecule has 2 atom stereocenters. The number of amides is 1. The summed E-state index contributed by atoms with van der Waals surface area (Å²) in [5.41, 5.74) is 2.26. The molecule has 0 bridgehead atoms. The molecule has 140 valence electrons. The lowest BCUT2D eigenvalue weighted by Gasteiger charge is -2.25. The molecule has 0 spiro atoms. The highest BCUT2D eigenvalue weighted by Gasteiger charge is 2.19. The number of nitrogens with zero attached hydrogens (tertiary/aromatic N) is 2. The van der Waals surface area contributed by atoms with E-state index in [-0.39, 0.29) is 17.8 Å². The molecule has 5 heteroatoms. The van der Waals surface area contributed by atoms with Crippen molar-refractivity contribution in [2.45, 2.75) is 32.9 Å². The SMILES string of the molecule is CC[C@H](C)[C@@H](Cn1ccnc1)NC(=O)c1ccc(-c2cccc(F)c2)cc1. The normalized spacial score (nSPS) is 13.1. The van der Waals surface area contributed by atoms with Gasteiger partial charge in [-0.2, -0.15) is 0 Å². The van der Waals surface area contributed by atoms with Crippen molar-refractivity contribution in [1.82, 2.24) is 14.9 Å². The molecule has 3 rings (SSSR count). The number of hydrogen-bond donors (Lipinski definition) is 1. The van der Waals surface area contributed by atoms with Crippen LogP contribution < -0.4 is 5.32 Å². The molecule has 0 unspecified atom stereocenters. The largest absolute Gasteiger partial charge is 0.347 e. The summed E-state index contributed by atoms with van der Waals surface area (Å²) in [4.78, 5) is 16.8. The lowest BCUT2D eigenvalue weighted by atomic mass is 9.98. The number of halogens is 1. The van der Waals surface area contributed by atoms with Gasteiger partial charge >= 0.3 is 0 Å². The predicted molar refractivity (Wildman–Crippen MR) is 105 cm³/mol. The van der Waals surface area contributed by atoms with Crippen molar-refractivity contribution in [3.05, 3.63) is 78.6 Å². The third-order valence-corrected chi connectivity index (χ3v) is 4.92. The van der Waals surface area contributed by atoms with Gasteiger partial charge in [-0.15, -0.1) is 0 Å². The Balaban J connectivity index is 1.72. The first-order valence-electron chi connectivity index (χ1n) is 9.19. The first-order chi connectivity index (χ1) is 13.1. The Hall–Kier alpha value is -2.95. The average Bonchev–Trinajstić information content (AvgIpc) is 3.20. The van der Waals surface area contributed by atoms with Crippen LogP contribution in [0.5, 0.6) is 0 Å². The molecule has 1 aromatic heterocycles. The van der Waals surface area contributed by atoms with E-state index in [0.717, 1.165) is 17.5 Å². The molecule has 2 aromatic carbocycles. The predicted octanol–water partition coefficient (Wildman–Crippen LogP) is 4.53. The van der Waals surface area contributed by atoms with Gasteiger partial charge in [0.2, 0.25) is 0 Å². The molecular formula is C22H24FN3O. The minimum absolute atomic E-state index is 0.0135. The number of hydrogen-bond acceptors (Lipinski definition) is 2. The Morgan fingerprint density at radius 3 is 2.59 bits per heavy atom. The van der Waals surface area contributed by atoms with E-state index in [4.69, 9.17) is 0 Å². The summed E-state index contributed by atoms with van der Waals surface area (Å²) >= 11 is 0. The summed E-state index contributed by atoms with van der Waals surface area (Å²) in [6, 6.07) is 13.7. The number of rotatable bonds is 7. The zero-order valence-corrected chi connectivity index (χ0v) is 15.6. The van der Waals surface area contributed by atoms with Crippen molar-refractivity contribution in [3.63, 3.8) is 0 Å². The number of carbonyl (C=O) groups is 1. The van der Waals surface area contributed by atoms with Crippen LogP contribution in [0.4, 0.5) is 4.39 Å². The monoisotopic (exact) mass is 365 g/mol. The maximum atomic E-state index is 13.4. The summed E-state index contributed by atoms with van der Waals surface area (Å²) in [7, 11) is 0. The van der Waals surface area contributed by atoms with Crippen molar-refractivity contribution in [2.75, 3.05) is 0 Å². The molecule has 0 fully saturated rings. The van der Waals surface area contributed by atoms with E-state index >= 15 is 0 Å². The molecule has 0 aliphatic carbocycles. The Morgan fingerprint density at radius 2 is 1.96 bits per heavy atom. The Labute approximate surface area is 159 Å². The Bertz CT molecular complexity index is 875. The van der Waals surface area contributed by atoms with Crippen LogP contribution in [0.2, 0.25) is 0 Å². The van der Waals surface area contributed by atoms with E-state index in [1.54, 1.807) is 30.7 Å². The second-order valence-electron chi connectivity index (χ2n) is 6.81. The van der Waals surface area contributed by atoms with Crippen molar-refractivity contribution < 1.29 is 9.18 Å². The van der Waals surface area contributed by atoms with Gasteiger partial charge in [0.05, 0.1) is 6.33 Å². The lowest BCUT2D eigenvalue weighted by molar-refractivity contribution is 0.0917. The van der Waals surface area contributed by atoms with E-state index < -0.39 is 0 Å². The molecule has 1 heterocycles. The van der Waals surface area contributed by atoms with Crippen molar-refractivity contribution in [3.8, 4) is 11.1 Å². The standard InChI is InChI=1S/C22H24FN3O/c1-3-16(2)21(14-26-12-11-24-15-26)25-22(27)18-9-7-17(8-10-18)19-5-4-6-20(23)13-19/h4-13,15-16,21H,3,14H2,1-2H3,(H,25,27)/t16-,21+/m0/s1. The van der Waals surface area contributed by atoms with Crippen molar-refractivity contribution in [1.29, 1.82) is 0 Å². The third kappa shape index (κ3) is 4.82. The van der Waals surface area contributed by atoms with Crippen molar-refractivity contribution in [2.24, 2.45) is 5.92 Å². The number of nitrogens with one attached hydrogen (secondary N) is 1.